The van der Waals surface area contributed by atoms with Crippen molar-refractivity contribution in [3.05, 3.63) is 0 Å². The van der Waals surface area contributed by atoms with E-state index in [1.54, 1.807) is 14.2 Å². The predicted octanol–water partition coefficient (Wildman–Crippen LogP) is 3.71. The van der Waals surface area contributed by atoms with Gasteiger partial charge in [-0.1, -0.05) is 26.7 Å². The average Bonchev–Trinajstić information content (AvgIpc) is 2.65. The Hall–Kier alpha value is -0.240. The molecule has 0 aliphatic heterocycles. The zero-order valence-electron chi connectivity index (χ0n) is 18.1. The Morgan fingerprint density at radius 1 is 0.615 bits per heavy atom. The third kappa shape index (κ3) is 26.0. The van der Waals surface area contributed by atoms with E-state index in [0.717, 1.165) is 26.1 Å². The fourth-order valence-corrected chi connectivity index (χ4v) is 1.69. The Labute approximate surface area is 161 Å². The van der Waals surface area contributed by atoms with Crippen LogP contribution in [0.1, 0.15) is 53.4 Å². The molecule has 160 valence electrons. The molecule has 0 saturated heterocycles. The highest BCUT2D eigenvalue weighted by molar-refractivity contribution is 4.50. The van der Waals surface area contributed by atoms with Crippen LogP contribution in [0, 0.1) is 0 Å². The van der Waals surface area contributed by atoms with E-state index in [0.29, 0.717) is 39.6 Å². The van der Waals surface area contributed by atoms with E-state index >= 15 is 0 Å². The Bertz CT molecular complexity index is 228. The average molecular weight is 381 g/mol. The molecule has 0 rings (SSSR count). The first-order valence-electron chi connectivity index (χ1n) is 9.98. The van der Waals surface area contributed by atoms with Crippen LogP contribution in [-0.2, 0) is 28.4 Å². The summed E-state index contributed by atoms with van der Waals surface area (Å²) < 4.78 is 31.4. The maximum absolute atomic E-state index is 5.39. The molecule has 6 nitrogen and oxygen atoms in total. The van der Waals surface area contributed by atoms with Crippen LogP contribution in [0.2, 0.25) is 0 Å². The molecule has 2 unspecified atom stereocenters. The topological polar surface area (TPSA) is 55.4 Å². The lowest BCUT2D eigenvalue weighted by Gasteiger charge is -2.14. The van der Waals surface area contributed by atoms with Crippen molar-refractivity contribution >= 4 is 0 Å². The van der Waals surface area contributed by atoms with Gasteiger partial charge in [-0.3, -0.25) is 0 Å². The molecule has 0 N–H and O–H groups in total. The van der Waals surface area contributed by atoms with Crippen molar-refractivity contribution in [1.29, 1.82) is 0 Å². The summed E-state index contributed by atoms with van der Waals surface area (Å²) >= 11 is 0. The second-order valence-corrected chi connectivity index (χ2v) is 6.19. The minimum atomic E-state index is 0.151. The second-order valence-electron chi connectivity index (χ2n) is 6.19. The molecule has 0 amide bonds. The largest absolute Gasteiger partial charge is 0.382 e. The molecular weight excluding hydrogens is 336 g/mol. The molecule has 26 heavy (non-hydrogen) atoms. The summed E-state index contributed by atoms with van der Waals surface area (Å²) in [6.45, 7) is 14.0. The SMILES string of the molecule is CCCCOCCOCCOCCCC.COCC(C)OCC(C)OC. The van der Waals surface area contributed by atoms with Gasteiger partial charge in [0.15, 0.2) is 0 Å². The molecule has 0 fully saturated rings. The first-order valence-corrected chi connectivity index (χ1v) is 9.98. The maximum Gasteiger partial charge on any atom is 0.0781 e. The lowest BCUT2D eigenvalue weighted by molar-refractivity contribution is -0.0386. The van der Waals surface area contributed by atoms with Crippen molar-refractivity contribution < 1.29 is 28.4 Å². The van der Waals surface area contributed by atoms with Crippen LogP contribution in [0.5, 0.6) is 0 Å². The van der Waals surface area contributed by atoms with Gasteiger partial charge in [-0.25, -0.2) is 0 Å². The zero-order valence-corrected chi connectivity index (χ0v) is 18.1. The lowest BCUT2D eigenvalue weighted by atomic mass is 10.4. The van der Waals surface area contributed by atoms with Crippen LogP contribution in [-0.4, -0.2) is 79.3 Å². The number of rotatable bonds is 18. The molecule has 6 heteroatoms. The molecular formula is C20H44O6. The van der Waals surface area contributed by atoms with Gasteiger partial charge in [0.2, 0.25) is 0 Å². The zero-order chi connectivity index (χ0) is 19.9. The van der Waals surface area contributed by atoms with E-state index in [2.05, 4.69) is 13.8 Å². The van der Waals surface area contributed by atoms with E-state index in [4.69, 9.17) is 28.4 Å². The Kier molecular flexibility index (Phi) is 26.6. The van der Waals surface area contributed by atoms with E-state index in [-0.39, 0.29) is 12.2 Å². The summed E-state index contributed by atoms with van der Waals surface area (Å²) in [7, 11) is 3.34. The molecule has 0 aliphatic carbocycles. The van der Waals surface area contributed by atoms with Gasteiger partial charge in [0, 0.05) is 27.4 Å². The summed E-state index contributed by atoms with van der Waals surface area (Å²) in [6.07, 6.45) is 4.96. The monoisotopic (exact) mass is 380 g/mol. The second kappa shape index (κ2) is 24.8. The Morgan fingerprint density at radius 2 is 1.08 bits per heavy atom. The smallest absolute Gasteiger partial charge is 0.0781 e. The van der Waals surface area contributed by atoms with Gasteiger partial charge in [0.1, 0.15) is 0 Å². The minimum absolute atomic E-state index is 0.151. The number of hydrogen-bond donors (Lipinski definition) is 0. The standard InChI is InChI=1S/C12H26O3.C8H18O3/c1-3-5-7-13-9-11-15-12-10-14-8-6-4-2;1-7(10-4)6-11-8(2)5-9-3/h3-12H2,1-2H3;7-8H,5-6H2,1-4H3. The van der Waals surface area contributed by atoms with Crippen molar-refractivity contribution in [2.45, 2.75) is 65.6 Å². The third-order valence-electron chi connectivity index (χ3n) is 3.45. The van der Waals surface area contributed by atoms with Crippen LogP contribution in [0.3, 0.4) is 0 Å². The number of unbranched alkanes of at least 4 members (excludes halogenated alkanes) is 2. The quantitative estimate of drug-likeness (QED) is 0.338. The Balaban J connectivity index is 0. The normalized spacial score (nSPS) is 13.2. The van der Waals surface area contributed by atoms with Gasteiger partial charge < -0.3 is 28.4 Å². The van der Waals surface area contributed by atoms with Gasteiger partial charge in [0.05, 0.1) is 51.8 Å². The summed E-state index contributed by atoms with van der Waals surface area (Å²) in [6, 6.07) is 0. The highest BCUT2D eigenvalue weighted by atomic mass is 16.6. The highest BCUT2D eigenvalue weighted by Gasteiger charge is 2.04. The molecule has 0 radical (unpaired) electrons. The van der Waals surface area contributed by atoms with Crippen molar-refractivity contribution in [1.82, 2.24) is 0 Å². The molecule has 0 saturated carbocycles. The molecule has 2 atom stereocenters. The summed E-state index contributed by atoms with van der Waals surface area (Å²) in [4.78, 5) is 0. The summed E-state index contributed by atoms with van der Waals surface area (Å²) in [5.74, 6) is 0. The van der Waals surface area contributed by atoms with Crippen LogP contribution in [0.15, 0.2) is 0 Å². The minimum Gasteiger partial charge on any atom is -0.382 e. The summed E-state index contributed by atoms with van der Waals surface area (Å²) in [5, 5.41) is 0. The van der Waals surface area contributed by atoms with Crippen LogP contribution in [0.4, 0.5) is 0 Å². The molecule has 0 aliphatic rings. The molecule has 0 spiro atoms. The van der Waals surface area contributed by atoms with Gasteiger partial charge in [-0.2, -0.15) is 0 Å². The predicted molar refractivity (Wildman–Crippen MR) is 106 cm³/mol. The van der Waals surface area contributed by atoms with Crippen molar-refractivity contribution in [3.8, 4) is 0 Å². The van der Waals surface area contributed by atoms with Gasteiger partial charge in [0.25, 0.3) is 0 Å². The molecule has 0 aromatic rings. The summed E-state index contributed by atoms with van der Waals surface area (Å²) in [5.41, 5.74) is 0. The van der Waals surface area contributed by atoms with Gasteiger partial charge in [-0.15, -0.1) is 0 Å². The molecule has 0 aromatic carbocycles. The van der Waals surface area contributed by atoms with E-state index in [9.17, 15) is 0 Å². The maximum atomic E-state index is 5.39. The third-order valence-corrected chi connectivity index (χ3v) is 3.45. The van der Waals surface area contributed by atoms with Gasteiger partial charge in [-0.05, 0) is 26.7 Å². The molecule has 0 aromatic heterocycles. The van der Waals surface area contributed by atoms with Crippen molar-refractivity contribution in [3.63, 3.8) is 0 Å². The molecule has 0 heterocycles. The fraction of sp³-hybridized carbons (Fsp3) is 1.00. The highest BCUT2D eigenvalue weighted by Crippen LogP contribution is 1.95. The number of ether oxygens (including phenoxy) is 6. The van der Waals surface area contributed by atoms with Crippen LogP contribution >= 0.6 is 0 Å². The van der Waals surface area contributed by atoms with Gasteiger partial charge >= 0.3 is 0 Å². The Morgan fingerprint density at radius 3 is 1.46 bits per heavy atom. The number of hydrogen-bond acceptors (Lipinski definition) is 6. The van der Waals surface area contributed by atoms with E-state index < -0.39 is 0 Å². The molecule has 0 bridgehead atoms. The van der Waals surface area contributed by atoms with E-state index in [1.807, 2.05) is 13.8 Å². The number of methoxy groups -OCH3 is 2. The first-order chi connectivity index (χ1) is 12.6. The first kappa shape index (κ1) is 28.0. The van der Waals surface area contributed by atoms with Crippen molar-refractivity contribution in [2.24, 2.45) is 0 Å². The lowest BCUT2D eigenvalue weighted by Crippen LogP contribution is -2.21. The van der Waals surface area contributed by atoms with Crippen LogP contribution in [0.25, 0.3) is 0 Å². The van der Waals surface area contributed by atoms with Crippen molar-refractivity contribution in [2.75, 3.05) is 67.1 Å². The van der Waals surface area contributed by atoms with Crippen LogP contribution < -0.4 is 0 Å². The van der Waals surface area contributed by atoms with E-state index in [1.165, 1.54) is 12.8 Å². The fourth-order valence-electron chi connectivity index (χ4n) is 1.69.